The first-order valence-corrected chi connectivity index (χ1v) is 6.65. The van der Waals surface area contributed by atoms with E-state index >= 15 is 0 Å². The number of carbonyl (C=O) groups excluding carboxylic acids is 1. The van der Waals surface area contributed by atoms with Gasteiger partial charge >= 0.3 is 0 Å². The van der Waals surface area contributed by atoms with E-state index in [0.717, 1.165) is 25.7 Å². The van der Waals surface area contributed by atoms with Crippen LogP contribution in [0.3, 0.4) is 0 Å². The van der Waals surface area contributed by atoms with Crippen molar-refractivity contribution in [1.29, 1.82) is 0 Å². The summed E-state index contributed by atoms with van der Waals surface area (Å²) in [7, 11) is 0. The average Bonchev–Trinajstić information content (AvgIpc) is 2.36. The van der Waals surface area contributed by atoms with E-state index in [1.807, 2.05) is 0 Å². The monoisotopic (exact) mass is 227 g/mol. The molecule has 0 radical (unpaired) electrons. The summed E-state index contributed by atoms with van der Waals surface area (Å²) in [6.45, 7) is 0. The standard InChI is InChI=1S/C12H18ClNO/c13-9-6-10-4-5-11(7-9)14(10)12(15)8-2-1-3-8/h8-11H,1-7H2. The Morgan fingerprint density at radius 1 is 1.07 bits per heavy atom. The number of hydrogen-bond acceptors (Lipinski definition) is 1. The molecule has 2 atom stereocenters. The zero-order valence-corrected chi connectivity index (χ0v) is 9.75. The quantitative estimate of drug-likeness (QED) is 0.631. The zero-order chi connectivity index (χ0) is 10.4. The normalized spacial score (nSPS) is 40.3. The maximum atomic E-state index is 12.2. The van der Waals surface area contributed by atoms with E-state index in [1.54, 1.807) is 0 Å². The van der Waals surface area contributed by atoms with Crippen molar-refractivity contribution in [3.05, 3.63) is 0 Å². The van der Waals surface area contributed by atoms with Crippen LogP contribution in [-0.4, -0.2) is 28.3 Å². The third kappa shape index (κ3) is 1.57. The molecule has 15 heavy (non-hydrogen) atoms. The molecule has 3 rings (SSSR count). The van der Waals surface area contributed by atoms with Crippen molar-refractivity contribution in [3.63, 3.8) is 0 Å². The van der Waals surface area contributed by atoms with E-state index in [2.05, 4.69) is 4.90 Å². The molecule has 3 fully saturated rings. The molecule has 2 aliphatic heterocycles. The molecule has 1 aliphatic carbocycles. The second-order valence-electron chi connectivity index (χ2n) is 5.33. The highest BCUT2D eigenvalue weighted by atomic mass is 35.5. The Hall–Kier alpha value is -0.240. The lowest BCUT2D eigenvalue weighted by atomic mass is 9.83. The van der Waals surface area contributed by atoms with Crippen LogP contribution in [0.4, 0.5) is 0 Å². The van der Waals surface area contributed by atoms with E-state index in [9.17, 15) is 4.79 Å². The highest BCUT2D eigenvalue weighted by Crippen LogP contribution is 2.40. The molecule has 84 valence electrons. The fourth-order valence-corrected chi connectivity index (χ4v) is 3.75. The van der Waals surface area contributed by atoms with Crippen molar-refractivity contribution in [2.24, 2.45) is 5.92 Å². The summed E-state index contributed by atoms with van der Waals surface area (Å²) in [5.74, 6) is 0.803. The number of nitrogens with zero attached hydrogens (tertiary/aromatic N) is 1. The Morgan fingerprint density at radius 3 is 2.13 bits per heavy atom. The number of piperidine rings is 1. The molecule has 0 aromatic carbocycles. The molecule has 0 N–H and O–H groups in total. The van der Waals surface area contributed by atoms with E-state index in [-0.39, 0.29) is 0 Å². The lowest BCUT2D eigenvalue weighted by molar-refractivity contribution is -0.142. The molecule has 0 spiro atoms. The van der Waals surface area contributed by atoms with Gasteiger partial charge in [-0.15, -0.1) is 11.6 Å². The number of amides is 1. The number of alkyl halides is 1. The number of halogens is 1. The molecule has 0 aromatic heterocycles. The van der Waals surface area contributed by atoms with Gasteiger partial charge < -0.3 is 4.90 Å². The SMILES string of the molecule is O=C(C1CCC1)N1C2CCC1CC(Cl)C2. The maximum absolute atomic E-state index is 12.2. The van der Waals surface area contributed by atoms with Gasteiger partial charge in [-0.25, -0.2) is 0 Å². The summed E-state index contributed by atoms with van der Waals surface area (Å²) >= 11 is 6.21. The van der Waals surface area contributed by atoms with Crippen LogP contribution in [0.15, 0.2) is 0 Å². The Balaban J connectivity index is 1.73. The summed E-state index contributed by atoms with van der Waals surface area (Å²) < 4.78 is 0. The van der Waals surface area contributed by atoms with Crippen LogP contribution in [-0.2, 0) is 4.79 Å². The van der Waals surface area contributed by atoms with Crippen LogP contribution in [0.2, 0.25) is 0 Å². The van der Waals surface area contributed by atoms with Crippen molar-refractivity contribution in [2.75, 3.05) is 0 Å². The molecule has 1 amide bonds. The van der Waals surface area contributed by atoms with Gasteiger partial charge in [0.1, 0.15) is 0 Å². The highest BCUT2D eigenvalue weighted by Gasteiger charge is 2.45. The lowest BCUT2D eigenvalue weighted by Gasteiger charge is -2.40. The molecular formula is C12H18ClNO. The summed E-state index contributed by atoms with van der Waals surface area (Å²) in [6.07, 6.45) is 7.92. The van der Waals surface area contributed by atoms with E-state index in [1.165, 1.54) is 19.3 Å². The predicted molar refractivity (Wildman–Crippen MR) is 59.9 cm³/mol. The average molecular weight is 228 g/mol. The minimum atomic E-state index is 0.313. The van der Waals surface area contributed by atoms with Gasteiger partial charge in [-0.3, -0.25) is 4.79 Å². The fourth-order valence-electron chi connectivity index (χ4n) is 3.34. The van der Waals surface area contributed by atoms with Crippen LogP contribution < -0.4 is 0 Å². The first kappa shape index (κ1) is 9.95. The minimum absolute atomic E-state index is 0.313. The molecule has 3 heteroatoms. The topological polar surface area (TPSA) is 20.3 Å². The number of rotatable bonds is 1. The van der Waals surface area contributed by atoms with E-state index < -0.39 is 0 Å². The van der Waals surface area contributed by atoms with Crippen LogP contribution in [0, 0.1) is 5.92 Å². The van der Waals surface area contributed by atoms with E-state index in [0.29, 0.717) is 29.3 Å². The Labute approximate surface area is 96.0 Å². The van der Waals surface area contributed by atoms with Gasteiger partial charge in [-0.2, -0.15) is 0 Å². The van der Waals surface area contributed by atoms with Crippen molar-refractivity contribution in [1.82, 2.24) is 4.90 Å². The van der Waals surface area contributed by atoms with Gasteiger partial charge in [0, 0.05) is 23.4 Å². The van der Waals surface area contributed by atoms with Gasteiger partial charge in [-0.05, 0) is 38.5 Å². The van der Waals surface area contributed by atoms with Crippen LogP contribution in [0.1, 0.15) is 44.9 Å². The van der Waals surface area contributed by atoms with Gasteiger partial charge in [0.15, 0.2) is 0 Å². The van der Waals surface area contributed by atoms with Crippen molar-refractivity contribution >= 4 is 17.5 Å². The molecule has 2 heterocycles. The summed E-state index contributed by atoms with van der Waals surface area (Å²) in [5, 5.41) is 0.313. The second-order valence-corrected chi connectivity index (χ2v) is 5.94. The predicted octanol–water partition coefficient (Wildman–Crippen LogP) is 2.55. The van der Waals surface area contributed by atoms with Crippen LogP contribution >= 0.6 is 11.6 Å². The van der Waals surface area contributed by atoms with Gasteiger partial charge in [0.25, 0.3) is 0 Å². The molecule has 2 saturated heterocycles. The fraction of sp³-hybridized carbons (Fsp3) is 0.917. The van der Waals surface area contributed by atoms with Crippen molar-refractivity contribution < 1.29 is 4.79 Å². The van der Waals surface area contributed by atoms with Crippen molar-refractivity contribution in [2.45, 2.75) is 62.4 Å². The number of fused-ring (bicyclic) bond motifs is 2. The van der Waals surface area contributed by atoms with E-state index in [4.69, 9.17) is 11.6 Å². The maximum Gasteiger partial charge on any atom is 0.226 e. The smallest absolute Gasteiger partial charge is 0.226 e. The zero-order valence-electron chi connectivity index (χ0n) is 8.99. The minimum Gasteiger partial charge on any atom is -0.336 e. The molecule has 3 aliphatic rings. The third-order valence-electron chi connectivity index (χ3n) is 4.38. The summed E-state index contributed by atoms with van der Waals surface area (Å²) in [4.78, 5) is 14.4. The Morgan fingerprint density at radius 2 is 1.67 bits per heavy atom. The first-order chi connectivity index (χ1) is 7.25. The molecular weight excluding hydrogens is 210 g/mol. The van der Waals surface area contributed by atoms with Crippen LogP contribution in [0.25, 0.3) is 0 Å². The van der Waals surface area contributed by atoms with Gasteiger partial charge in [0.2, 0.25) is 5.91 Å². The third-order valence-corrected chi connectivity index (χ3v) is 4.74. The largest absolute Gasteiger partial charge is 0.336 e. The van der Waals surface area contributed by atoms with Crippen molar-refractivity contribution in [3.8, 4) is 0 Å². The summed E-state index contributed by atoms with van der Waals surface area (Å²) in [5.41, 5.74) is 0. The molecule has 0 aromatic rings. The molecule has 1 saturated carbocycles. The highest BCUT2D eigenvalue weighted by molar-refractivity contribution is 6.20. The first-order valence-electron chi connectivity index (χ1n) is 6.22. The molecule has 2 unspecified atom stereocenters. The number of hydrogen-bond donors (Lipinski definition) is 0. The Kier molecular flexibility index (Phi) is 2.42. The second kappa shape index (κ2) is 3.65. The number of carbonyl (C=O) groups is 1. The van der Waals surface area contributed by atoms with Gasteiger partial charge in [0.05, 0.1) is 0 Å². The molecule has 2 bridgehead atoms. The van der Waals surface area contributed by atoms with Crippen LogP contribution in [0.5, 0.6) is 0 Å². The lowest BCUT2D eigenvalue weighted by Crippen LogP contribution is -2.50. The summed E-state index contributed by atoms with van der Waals surface area (Å²) in [6, 6.07) is 0.943. The Bertz CT molecular complexity index is 263. The molecule has 2 nitrogen and oxygen atoms in total. The van der Waals surface area contributed by atoms with Gasteiger partial charge in [-0.1, -0.05) is 6.42 Å².